The van der Waals surface area contributed by atoms with E-state index in [-0.39, 0.29) is 30.7 Å². The minimum atomic E-state index is -3.41. The van der Waals surface area contributed by atoms with Gasteiger partial charge in [0.2, 0.25) is 5.91 Å². The largest absolute Gasteiger partial charge is 0.494 e. The third-order valence-corrected chi connectivity index (χ3v) is 8.15. The lowest BCUT2D eigenvalue weighted by atomic mass is 9.82. The van der Waals surface area contributed by atoms with Gasteiger partial charge in [0.1, 0.15) is 10.5 Å². The van der Waals surface area contributed by atoms with Crippen LogP contribution in [0.15, 0.2) is 18.2 Å². The van der Waals surface area contributed by atoms with Gasteiger partial charge in [-0.3, -0.25) is 9.59 Å². The summed E-state index contributed by atoms with van der Waals surface area (Å²) in [6.45, 7) is 4.45. The molecular weight excluding hydrogens is 368 g/mol. The number of hydrogen-bond donors (Lipinski definition) is 0. The smallest absolute Gasteiger partial charge is 0.253 e. The van der Waals surface area contributed by atoms with Crippen molar-refractivity contribution in [1.82, 2.24) is 9.80 Å². The highest BCUT2D eigenvalue weighted by Gasteiger charge is 2.64. The predicted molar refractivity (Wildman–Crippen MR) is 102 cm³/mol. The standard InChI is InChI=1S/C19H26N2O5S/c1-5-26-16-7-6-14(10-13(16)2)17(22)21-11-19(12-21)15(18(23)20(3)4)8-9-27(19,24)25/h6-7,10,15H,5,8-9,11-12H2,1-4H3. The first-order valence-corrected chi connectivity index (χ1v) is 10.7. The highest BCUT2D eigenvalue weighted by molar-refractivity contribution is 7.93. The fourth-order valence-electron chi connectivity index (χ4n) is 4.06. The maximum Gasteiger partial charge on any atom is 0.253 e. The van der Waals surface area contributed by atoms with Gasteiger partial charge in [-0.05, 0) is 44.0 Å². The van der Waals surface area contributed by atoms with Crippen molar-refractivity contribution in [2.45, 2.75) is 25.0 Å². The molecule has 148 valence electrons. The van der Waals surface area contributed by atoms with Crippen LogP contribution in [-0.4, -0.2) is 74.3 Å². The number of sulfone groups is 1. The van der Waals surface area contributed by atoms with Crippen LogP contribution in [0.5, 0.6) is 5.75 Å². The molecule has 1 unspecified atom stereocenters. The summed E-state index contributed by atoms with van der Waals surface area (Å²) in [5, 5.41) is 0. The highest BCUT2D eigenvalue weighted by atomic mass is 32.2. The van der Waals surface area contributed by atoms with Gasteiger partial charge >= 0.3 is 0 Å². The molecule has 2 saturated heterocycles. The van der Waals surface area contributed by atoms with Crippen LogP contribution < -0.4 is 4.74 Å². The highest BCUT2D eigenvalue weighted by Crippen LogP contribution is 2.45. The first kappa shape index (κ1) is 19.7. The molecule has 3 rings (SSSR count). The third-order valence-electron chi connectivity index (χ3n) is 5.59. The number of benzene rings is 1. The van der Waals surface area contributed by atoms with Crippen molar-refractivity contribution in [2.24, 2.45) is 5.92 Å². The summed E-state index contributed by atoms with van der Waals surface area (Å²) in [5.74, 6) is -0.251. The van der Waals surface area contributed by atoms with E-state index in [0.717, 1.165) is 11.3 Å². The van der Waals surface area contributed by atoms with Crippen LogP contribution in [0.2, 0.25) is 0 Å². The normalized spacial score (nSPS) is 22.4. The number of carbonyl (C=O) groups excluding carboxylic acids is 2. The van der Waals surface area contributed by atoms with E-state index in [0.29, 0.717) is 18.6 Å². The topological polar surface area (TPSA) is 84.0 Å². The molecule has 2 aliphatic heterocycles. The van der Waals surface area contributed by atoms with Crippen LogP contribution in [0.4, 0.5) is 0 Å². The van der Waals surface area contributed by atoms with E-state index in [4.69, 9.17) is 4.74 Å². The number of ether oxygens (including phenoxy) is 1. The molecule has 7 nitrogen and oxygen atoms in total. The van der Waals surface area contributed by atoms with Crippen LogP contribution in [0.25, 0.3) is 0 Å². The molecule has 0 aliphatic carbocycles. The molecule has 27 heavy (non-hydrogen) atoms. The Labute approximate surface area is 160 Å². The van der Waals surface area contributed by atoms with E-state index >= 15 is 0 Å². The van der Waals surface area contributed by atoms with E-state index in [1.807, 2.05) is 13.8 Å². The number of amides is 2. The van der Waals surface area contributed by atoms with Gasteiger partial charge in [0.15, 0.2) is 9.84 Å². The lowest BCUT2D eigenvalue weighted by molar-refractivity contribution is -0.135. The van der Waals surface area contributed by atoms with Crippen molar-refractivity contribution >= 4 is 21.7 Å². The molecule has 1 aromatic carbocycles. The lowest BCUT2D eigenvalue weighted by Crippen LogP contribution is -2.69. The summed E-state index contributed by atoms with van der Waals surface area (Å²) in [4.78, 5) is 28.2. The van der Waals surface area contributed by atoms with Gasteiger partial charge in [0.05, 0.1) is 18.3 Å². The zero-order valence-electron chi connectivity index (χ0n) is 16.2. The Morgan fingerprint density at radius 1 is 1.30 bits per heavy atom. The van der Waals surface area contributed by atoms with Gasteiger partial charge in [-0.1, -0.05) is 0 Å². The van der Waals surface area contributed by atoms with E-state index in [1.165, 1.54) is 9.80 Å². The maximum absolute atomic E-state index is 12.8. The molecule has 2 aliphatic rings. The minimum absolute atomic E-state index is 0.00143. The molecule has 8 heteroatoms. The van der Waals surface area contributed by atoms with Crippen molar-refractivity contribution in [3.8, 4) is 5.75 Å². The van der Waals surface area contributed by atoms with Gasteiger partial charge in [-0.2, -0.15) is 0 Å². The fourth-order valence-corrected chi connectivity index (χ4v) is 6.37. The van der Waals surface area contributed by atoms with Crippen molar-refractivity contribution in [2.75, 3.05) is 39.5 Å². The molecular formula is C19H26N2O5S. The zero-order valence-corrected chi connectivity index (χ0v) is 17.0. The van der Waals surface area contributed by atoms with Crippen molar-refractivity contribution in [1.29, 1.82) is 0 Å². The number of rotatable bonds is 4. The predicted octanol–water partition coefficient (Wildman–Crippen LogP) is 1.11. The van der Waals surface area contributed by atoms with E-state index in [9.17, 15) is 18.0 Å². The molecule has 2 heterocycles. The lowest BCUT2D eigenvalue weighted by Gasteiger charge is -2.49. The Morgan fingerprint density at radius 3 is 2.52 bits per heavy atom. The molecule has 1 spiro atoms. The second-order valence-corrected chi connectivity index (χ2v) is 9.98. The fraction of sp³-hybridized carbons (Fsp3) is 0.579. The summed E-state index contributed by atoms with van der Waals surface area (Å²) in [7, 11) is -0.149. The Kier molecular flexibility index (Phi) is 4.96. The van der Waals surface area contributed by atoms with E-state index in [2.05, 4.69) is 0 Å². The number of aryl methyl sites for hydroxylation is 1. The molecule has 2 fully saturated rings. The first-order chi connectivity index (χ1) is 12.6. The summed E-state index contributed by atoms with van der Waals surface area (Å²) in [6, 6.07) is 5.20. The van der Waals surface area contributed by atoms with Crippen LogP contribution in [-0.2, 0) is 14.6 Å². The second kappa shape index (κ2) is 6.82. The van der Waals surface area contributed by atoms with Gasteiger partial charge in [-0.15, -0.1) is 0 Å². The summed E-state index contributed by atoms with van der Waals surface area (Å²) < 4.78 is 29.7. The van der Waals surface area contributed by atoms with Crippen LogP contribution >= 0.6 is 0 Å². The number of carbonyl (C=O) groups is 2. The monoisotopic (exact) mass is 394 g/mol. The third kappa shape index (κ3) is 3.09. The summed E-state index contributed by atoms with van der Waals surface area (Å²) in [5.41, 5.74) is 1.35. The molecule has 0 bridgehead atoms. The molecule has 0 aromatic heterocycles. The minimum Gasteiger partial charge on any atom is -0.494 e. The molecule has 1 aromatic rings. The van der Waals surface area contributed by atoms with Crippen molar-refractivity contribution in [3.63, 3.8) is 0 Å². The van der Waals surface area contributed by atoms with Gasteiger partial charge in [0.25, 0.3) is 5.91 Å². The zero-order chi connectivity index (χ0) is 20.0. The van der Waals surface area contributed by atoms with Crippen molar-refractivity contribution in [3.05, 3.63) is 29.3 Å². The van der Waals surface area contributed by atoms with Crippen LogP contribution in [0.1, 0.15) is 29.3 Å². The van der Waals surface area contributed by atoms with Crippen molar-refractivity contribution < 1.29 is 22.7 Å². The summed E-state index contributed by atoms with van der Waals surface area (Å²) >= 11 is 0. The van der Waals surface area contributed by atoms with Gasteiger partial charge in [0, 0.05) is 32.7 Å². The second-order valence-electron chi connectivity index (χ2n) is 7.53. The average Bonchev–Trinajstić information content (AvgIpc) is 2.85. The Balaban J connectivity index is 1.80. The van der Waals surface area contributed by atoms with Crippen LogP contribution in [0.3, 0.4) is 0 Å². The average molecular weight is 394 g/mol. The molecule has 2 amide bonds. The summed E-state index contributed by atoms with van der Waals surface area (Å²) in [6.07, 6.45) is 0.323. The Bertz CT molecular complexity index is 872. The van der Waals surface area contributed by atoms with E-state index in [1.54, 1.807) is 32.3 Å². The number of nitrogens with zero attached hydrogens (tertiary/aromatic N) is 2. The maximum atomic E-state index is 12.8. The molecule has 0 N–H and O–H groups in total. The Morgan fingerprint density at radius 2 is 1.96 bits per heavy atom. The SMILES string of the molecule is CCOc1ccc(C(=O)N2CC3(C2)C(C(=O)N(C)C)CCS3(=O)=O)cc1C. The number of hydrogen-bond acceptors (Lipinski definition) is 5. The first-order valence-electron chi connectivity index (χ1n) is 9.09. The molecule has 0 radical (unpaired) electrons. The quantitative estimate of drug-likeness (QED) is 0.764. The molecule has 0 saturated carbocycles. The van der Waals surface area contributed by atoms with Gasteiger partial charge in [-0.25, -0.2) is 8.42 Å². The molecule has 1 atom stereocenters. The number of likely N-dealkylation sites (tertiary alicyclic amines) is 1. The van der Waals surface area contributed by atoms with E-state index < -0.39 is 20.5 Å². The van der Waals surface area contributed by atoms with Crippen LogP contribution in [0, 0.1) is 12.8 Å². The Hall–Kier alpha value is -2.09. The van der Waals surface area contributed by atoms with Gasteiger partial charge < -0.3 is 14.5 Å².